The summed E-state index contributed by atoms with van der Waals surface area (Å²) in [5, 5.41) is 0. The Hall–Kier alpha value is -0.450. The first-order valence-corrected chi connectivity index (χ1v) is 7.51. The third-order valence-corrected chi connectivity index (χ3v) is 4.12. The van der Waals surface area contributed by atoms with E-state index < -0.39 is 0 Å². The van der Waals surface area contributed by atoms with Crippen LogP contribution in [0.25, 0.3) is 0 Å². The minimum atomic E-state index is 0.732. The van der Waals surface area contributed by atoms with Gasteiger partial charge in [0, 0.05) is 29.8 Å². The molecule has 1 aromatic heterocycles. The average molecular weight is 312 g/mol. The van der Waals surface area contributed by atoms with Gasteiger partial charge in [-0.15, -0.1) is 0 Å². The van der Waals surface area contributed by atoms with Crippen molar-refractivity contribution in [3.63, 3.8) is 0 Å². The van der Waals surface area contributed by atoms with Gasteiger partial charge in [0.15, 0.2) is 0 Å². The fraction of sp³-hybridized carbons (Fsp3) is 0.643. The molecule has 0 aromatic carbocycles. The van der Waals surface area contributed by atoms with Gasteiger partial charge >= 0.3 is 0 Å². The van der Waals surface area contributed by atoms with Crippen molar-refractivity contribution >= 4 is 15.9 Å². The van der Waals surface area contributed by atoms with Crippen LogP contribution in [0.3, 0.4) is 0 Å². The van der Waals surface area contributed by atoms with E-state index in [1.54, 1.807) is 0 Å². The Labute approximate surface area is 118 Å². The normalized spacial score (nSPS) is 20.8. The third kappa shape index (κ3) is 3.77. The Bertz CT molecular complexity index is 366. The van der Waals surface area contributed by atoms with Gasteiger partial charge in [-0.25, -0.2) is 0 Å². The molecule has 1 saturated heterocycles. The number of rotatable bonds is 5. The summed E-state index contributed by atoms with van der Waals surface area (Å²) in [5.74, 6) is 0. The van der Waals surface area contributed by atoms with Crippen LogP contribution < -0.4 is 0 Å². The number of hydrogen-bond acceptors (Lipinski definition) is 3. The minimum absolute atomic E-state index is 0.732. The van der Waals surface area contributed by atoms with Crippen molar-refractivity contribution in [1.29, 1.82) is 0 Å². The lowest BCUT2D eigenvalue weighted by molar-refractivity contribution is 0.194. The van der Waals surface area contributed by atoms with Crippen LogP contribution in [0.4, 0.5) is 0 Å². The minimum Gasteiger partial charge on any atom is -0.299 e. The molecule has 2 rings (SSSR count). The predicted octanol–water partition coefficient (Wildman–Crippen LogP) is 2.76. The summed E-state index contributed by atoms with van der Waals surface area (Å²) in [5.41, 5.74) is 1.14. The predicted molar refractivity (Wildman–Crippen MR) is 78.5 cm³/mol. The number of halogens is 1. The molecule has 1 unspecified atom stereocenters. The highest BCUT2D eigenvalue weighted by atomic mass is 79.9. The Kier molecular flexibility index (Phi) is 5.15. The summed E-state index contributed by atoms with van der Waals surface area (Å²) in [6.45, 7) is 6.78. The lowest BCUT2D eigenvalue weighted by Gasteiger charge is -2.27. The number of pyridine rings is 1. The van der Waals surface area contributed by atoms with Gasteiger partial charge in [-0.2, -0.15) is 0 Å². The Morgan fingerprint density at radius 2 is 2.33 bits per heavy atom. The van der Waals surface area contributed by atoms with Crippen LogP contribution in [-0.4, -0.2) is 47.5 Å². The van der Waals surface area contributed by atoms with Crippen molar-refractivity contribution < 1.29 is 0 Å². The molecule has 0 N–H and O–H groups in total. The molecule has 0 aliphatic carbocycles. The van der Waals surface area contributed by atoms with E-state index in [-0.39, 0.29) is 0 Å². The second-order valence-corrected chi connectivity index (χ2v) is 6.00. The Morgan fingerprint density at radius 1 is 1.50 bits per heavy atom. The van der Waals surface area contributed by atoms with Gasteiger partial charge in [0.1, 0.15) is 0 Å². The molecular formula is C14H22BrN3. The van der Waals surface area contributed by atoms with Gasteiger partial charge in [-0.3, -0.25) is 14.8 Å². The first kappa shape index (κ1) is 14.0. The zero-order chi connectivity index (χ0) is 13.0. The highest BCUT2D eigenvalue weighted by molar-refractivity contribution is 9.10. The zero-order valence-electron chi connectivity index (χ0n) is 11.3. The Morgan fingerprint density at radius 3 is 3.00 bits per heavy atom. The van der Waals surface area contributed by atoms with E-state index in [1.165, 1.54) is 25.9 Å². The maximum atomic E-state index is 4.43. The van der Waals surface area contributed by atoms with Gasteiger partial charge in [-0.05, 0) is 61.0 Å². The number of likely N-dealkylation sites (N-methyl/N-ethyl adjacent to an activating group) is 2. The molecule has 4 heteroatoms. The van der Waals surface area contributed by atoms with Crippen molar-refractivity contribution in [2.45, 2.75) is 32.4 Å². The zero-order valence-corrected chi connectivity index (χ0v) is 12.9. The van der Waals surface area contributed by atoms with Crippen molar-refractivity contribution in [2.24, 2.45) is 0 Å². The molecule has 1 aliphatic rings. The summed E-state index contributed by atoms with van der Waals surface area (Å²) >= 11 is 3.42. The number of aromatic nitrogens is 1. The first-order valence-electron chi connectivity index (χ1n) is 6.72. The van der Waals surface area contributed by atoms with E-state index in [9.17, 15) is 0 Å². The molecule has 100 valence electrons. The Balaban J connectivity index is 1.84. The lowest BCUT2D eigenvalue weighted by atomic mass is 10.2. The summed E-state index contributed by atoms with van der Waals surface area (Å²) in [7, 11) is 2.19. The molecule has 0 radical (unpaired) electrons. The van der Waals surface area contributed by atoms with Gasteiger partial charge in [0.2, 0.25) is 0 Å². The summed E-state index contributed by atoms with van der Waals surface area (Å²) < 4.78 is 1.04. The maximum absolute atomic E-state index is 4.43. The topological polar surface area (TPSA) is 19.4 Å². The maximum Gasteiger partial charge on any atom is 0.0544 e. The first-order chi connectivity index (χ1) is 8.69. The molecule has 0 spiro atoms. The fourth-order valence-corrected chi connectivity index (χ4v) is 2.95. The molecule has 1 fully saturated rings. The van der Waals surface area contributed by atoms with Crippen molar-refractivity contribution in [2.75, 3.05) is 26.7 Å². The SMILES string of the molecule is CCN1CCCC1CN(C)Cc1ccc(Br)cn1. The molecule has 0 saturated carbocycles. The summed E-state index contributed by atoms with van der Waals surface area (Å²) in [4.78, 5) is 9.40. The van der Waals surface area contributed by atoms with Crippen LogP contribution in [0.15, 0.2) is 22.8 Å². The van der Waals surface area contributed by atoms with E-state index in [0.717, 1.165) is 29.3 Å². The van der Waals surface area contributed by atoms with E-state index in [2.05, 4.69) is 56.8 Å². The number of likely N-dealkylation sites (tertiary alicyclic amines) is 1. The average Bonchev–Trinajstić information content (AvgIpc) is 2.79. The van der Waals surface area contributed by atoms with E-state index in [4.69, 9.17) is 0 Å². The van der Waals surface area contributed by atoms with Gasteiger partial charge < -0.3 is 0 Å². The van der Waals surface area contributed by atoms with Crippen LogP contribution in [-0.2, 0) is 6.54 Å². The quantitative estimate of drug-likeness (QED) is 0.833. The van der Waals surface area contributed by atoms with Crippen molar-refractivity contribution in [3.8, 4) is 0 Å². The third-order valence-electron chi connectivity index (χ3n) is 3.65. The number of hydrogen-bond donors (Lipinski definition) is 0. The molecule has 0 amide bonds. The summed E-state index contributed by atoms with van der Waals surface area (Å²) in [6.07, 6.45) is 4.56. The second-order valence-electron chi connectivity index (χ2n) is 5.09. The number of nitrogens with zero attached hydrogens (tertiary/aromatic N) is 3. The van der Waals surface area contributed by atoms with Gasteiger partial charge in [0.25, 0.3) is 0 Å². The molecular weight excluding hydrogens is 290 g/mol. The largest absolute Gasteiger partial charge is 0.299 e. The molecule has 18 heavy (non-hydrogen) atoms. The monoisotopic (exact) mass is 311 g/mol. The van der Waals surface area contributed by atoms with Gasteiger partial charge in [-0.1, -0.05) is 6.92 Å². The molecule has 1 aromatic rings. The van der Waals surface area contributed by atoms with Crippen LogP contribution in [0.5, 0.6) is 0 Å². The molecule has 2 heterocycles. The highest BCUT2D eigenvalue weighted by Gasteiger charge is 2.23. The highest BCUT2D eigenvalue weighted by Crippen LogP contribution is 2.18. The molecule has 3 nitrogen and oxygen atoms in total. The van der Waals surface area contributed by atoms with Crippen LogP contribution in [0.2, 0.25) is 0 Å². The van der Waals surface area contributed by atoms with Crippen molar-refractivity contribution in [1.82, 2.24) is 14.8 Å². The van der Waals surface area contributed by atoms with Crippen LogP contribution in [0, 0.1) is 0 Å². The molecule has 1 aliphatic heterocycles. The lowest BCUT2D eigenvalue weighted by Crippen LogP contribution is -2.38. The summed E-state index contributed by atoms with van der Waals surface area (Å²) in [6, 6.07) is 4.88. The second kappa shape index (κ2) is 6.64. The van der Waals surface area contributed by atoms with E-state index >= 15 is 0 Å². The van der Waals surface area contributed by atoms with Crippen LogP contribution in [0.1, 0.15) is 25.5 Å². The van der Waals surface area contributed by atoms with Crippen LogP contribution >= 0.6 is 15.9 Å². The standard InChI is InChI=1S/C14H22BrN3/c1-3-18-8-4-5-14(18)11-17(2)10-13-7-6-12(15)9-16-13/h6-7,9,14H,3-5,8,10-11H2,1-2H3. The smallest absolute Gasteiger partial charge is 0.0544 e. The molecule has 0 bridgehead atoms. The van der Waals surface area contributed by atoms with Gasteiger partial charge in [0.05, 0.1) is 5.69 Å². The van der Waals surface area contributed by atoms with E-state index in [1.807, 2.05) is 6.20 Å². The van der Waals surface area contributed by atoms with Crippen molar-refractivity contribution in [3.05, 3.63) is 28.5 Å². The van der Waals surface area contributed by atoms with E-state index in [0.29, 0.717) is 0 Å². The fourth-order valence-electron chi connectivity index (χ4n) is 2.72. The molecule has 1 atom stereocenters.